The molecule has 0 unspecified atom stereocenters. The number of hydrogen-bond acceptors (Lipinski definition) is 1. The van der Waals surface area contributed by atoms with E-state index in [0.717, 1.165) is 28.2 Å². The number of Topliss-reactive ketones (excluding diaryl/α,β-unsaturated/α-hetero) is 1. The third-order valence-corrected chi connectivity index (χ3v) is 2.44. The monoisotopic (exact) mass is 148 g/mol. The van der Waals surface area contributed by atoms with Crippen LogP contribution >= 0.6 is 0 Å². The molecular formula is C4H10GeO. The summed E-state index contributed by atoms with van der Waals surface area (Å²) in [7, 11) is 0. The van der Waals surface area contributed by atoms with E-state index in [1.54, 1.807) is 0 Å². The van der Waals surface area contributed by atoms with Gasteiger partial charge in [0.15, 0.2) is 0 Å². The number of carbonyl (C=O) groups is 1. The van der Waals surface area contributed by atoms with Gasteiger partial charge in [-0.25, -0.2) is 0 Å². The zero-order valence-corrected chi connectivity index (χ0v) is 8.52. The van der Waals surface area contributed by atoms with E-state index in [2.05, 4.69) is 0 Å². The van der Waals surface area contributed by atoms with Gasteiger partial charge in [0.25, 0.3) is 0 Å². The molecule has 0 aliphatic carbocycles. The quantitative estimate of drug-likeness (QED) is 0.492. The van der Waals surface area contributed by atoms with Crippen molar-refractivity contribution in [2.45, 2.75) is 18.6 Å². The first-order valence-electron chi connectivity index (χ1n) is 2.33. The molecule has 0 aromatic carbocycles. The fourth-order valence-electron chi connectivity index (χ4n) is 0.250. The summed E-state index contributed by atoms with van der Waals surface area (Å²) in [5.41, 5.74) is 0. The van der Waals surface area contributed by atoms with E-state index in [-0.39, 0.29) is 0 Å². The first-order valence-corrected chi connectivity index (χ1v) is 5.29. The number of ketones is 1. The minimum atomic E-state index is 0.426. The van der Waals surface area contributed by atoms with Gasteiger partial charge in [-0.05, 0) is 0 Å². The maximum atomic E-state index is 10.2. The third kappa shape index (κ3) is 2.45. The van der Waals surface area contributed by atoms with Crippen LogP contribution in [-0.2, 0) is 4.79 Å². The fourth-order valence-corrected chi connectivity index (χ4v) is 1.30. The summed E-state index contributed by atoms with van der Waals surface area (Å²) in [6.07, 6.45) is 0.738. The first kappa shape index (κ1) is 6.21. The molecule has 0 saturated carbocycles. The van der Waals surface area contributed by atoms with Crippen LogP contribution in [0.5, 0.6) is 0 Å². The Morgan fingerprint density at radius 3 is 2.33 bits per heavy atom. The van der Waals surface area contributed by atoms with E-state index in [0.29, 0.717) is 5.78 Å². The number of hydrogen-bond donors (Lipinski definition) is 0. The van der Waals surface area contributed by atoms with Crippen LogP contribution in [0, 0.1) is 0 Å². The van der Waals surface area contributed by atoms with Crippen molar-refractivity contribution in [1.82, 2.24) is 0 Å². The first-order chi connectivity index (χ1) is 2.81. The van der Waals surface area contributed by atoms with Gasteiger partial charge in [0.2, 0.25) is 0 Å². The molecule has 2 heteroatoms. The van der Waals surface area contributed by atoms with Crippen LogP contribution in [0.4, 0.5) is 0 Å². The van der Waals surface area contributed by atoms with Crippen LogP contribution < -0.4 is 0 Å². The van der Waals surface area contributed by atoms with Crippen LogP contribution in [0.25, 0.3) is 0 Å². The van der Waals surface area contributed by atoms with Crippen LogP contribution in [-0.4, -0.2) is 22.3 Å². The third-order valence-electron chi connectivity index (χ3n) is 0.789. The Hall–Kier alpha value is 0.213. The molecule has 36 valence electrons. The van der Waals surface area contributed by atoms with Gasteiger partial charge in [-0.1, -0.05) is 0 Å². The van der Waals surface area contributed by atoms with Gasteiger partial charge < -0.3 is 0 Å². The van der Waals surface area contributed by atoms with Crippen molar-refractivity contribution in [1.29, 1.82) is 0 Å². The second-order valence-electron chi connectivity index (χ2n) is 1.25. The summed E-state index contributed by atoms with van der Waals surface area (Å²) in [6, 6.07) is 0. The second kappa shape index (κ2) is 3.40. The van der Waals surface area contributed by atoms with E-state index in [4.69, 9.17) is 0 Å². The van der Waals surface area contributed by atoms with Crippen molar-refractivity contribution in [3.63, 3.8) is 0 Å². The molecule has 0 bridgehead atoms. The zero-order valence-electron chi connectivity index (χ0n) is 4.32. The normalized spacial score (nSPS) is 8.83. The molecule has 6 heavy (non-hydrogen) atoms. The molecule has 0 rings (SSSR count). The summed E-state index contributed by atoms with van der Waals surface area (Å²) in [5, 5.41) is 0.878. The molecule has 0 saturated heterocycles. The molecule has 0 atom stereocenters. The Bertz CT molecular complexity index is 45.5. The molecule has 0 N–H and O–H groups in total. The molecule has 0 amide bonds. The standard InChI is InChI=1S/C4H10GeO/c1-2-4(6)3-5/h2-3H2,1,5H3. The van der Waals surface area contributed by atoms with Crippen molar-refractivity contribution in [2.24, 2.45) is 0 Å². The minimum absolute atomic E-state index is 0.426. The van der Waals surface area contributed by atoms with Crippen LogP contribution in [0.15, 0.2) is 0 Å². The number of carbonyl (C=O) groups excluding carboxylic acids is 1. The van der Waals surface area contributed by atoms with Gasteiger partial charge in [-0.2, -0.15) is 0 Å². The Balaban J connectivity index is 2.99. The SMILES string of the molecule is CCC(=O)[CH2][GeH3]. The van der Waals surface area contributed by atoms with E-state index in [1.807, 2.05) is 6.92 Å². The van der Waals surface area contributed by atoms with Crippen molar-refractivity contribution < 1.29 is 4.79 Å². The molecular weight excluding hydrogens is 137 g/mol. The molecule has 1 nitrogen and oxygen atoms in total. The Morgan fingerprint density at radius 1 is 1.83 bits per heavy atom. The van der Waals surface area contributed by atoms with Gasteiger partial charge >= 0.3 is 45.7 Å². The summed E-state index contributed by atoms with van der Waals surface area (Å²) in [5.74, 6) is 0.426. The molecule has 0 fully saturated rings. The van der Waals surface area contributed by atoms with Crippen LogP contribution in [0.3, 0.4) is 0 Å². The van der Waals surface area contributed by atoms with Crippen molar-refractivity contribution in [3.05, 3.63) is 0 Å². The van der Waals surface area contributed by atoms with Gasteiger partial charge in [0.1, 0.15) is 0 Å². The topological polar surface area (TPSA) is 17.1 Å². The molecule has 0 aromatic rings. The second-order valence-corrected chi connectivity index (χ2v) is 2.73. The average Bonchev–Trinajstić information content (AvgIpc) is 1.65. The predicted molar refractivity (Wildman–Crippen MR) is 30.0 cm³/mol. The molecule has 0 radical (unpaired) electrons. The molecule has 0 aliphatic rings. The summed E-state index contributed by atoms with van der Waals surface area (Å²) < 4.78 is 0. The fraction of sp³-hybridized carbons (Fsp3) is 0.750. The summed E-state index contributed by atoms with van der Waals surface area (Å²) in [6.45, 7) is 1.91. The van der Waals surface area contributed by atoms with E-state index >= 15 is 0 Å². The molecule has 0 aromatic heterocycles. The van der Waals surface area contributed by atoms with E-state index < -0.39 is 0 Å². The van der Waals surface area contributed by atoms with E-state index in [1.165, 1.54) is 0 Å². The van der Waals surface area contributed by atoms with Gasteiger partial charge in [-0.3, -0.25) is 0 Å². The van der Waals surface area contributed by atoms with E-state index in [9.17, 15) is 4.79 Å². The number of rotatable bonds is 2. The van der Waals surface area contributed by atoms with Crippen molar-refractivity contribution >= 4 is 22.3 Å². The zero-order chi connectivity index (χ0) is 4.99. The predicted octanol–water partition coefficient (Wildman–Crippen LogP) is -0.251. The van der Waals surface area contributed by atoms with Crippen molar-refractivity contribution in [3.8, 4) is 0 Å². The Labute approximate surface area is 46.3 Å². The van der Waals surface area contributed by atoms with Gasteiger partial charge in [0, 0.05) is 0 Å². The van der Waals surface area contributed by atoms with Crippen LogP contribution in [0.2, 0.25) is 5.25 Å². The van der Waals surface area contributed by atoms with Crippen molar-refractivity contribution in [2.75, 3.05) is 0 Å². The maximum absolute atomic E-state index is 10.2. The molecule has 0 spiro atoms. The summed E-state index contributed by atoms with van der Waals surface area (Å²) in [4.78, 5) is 10.2. The average molecular weight is 147 g/mol. The summed E-state index contributed by atoms with van der Waals surface area (Å²) >= 11 is 0.736. The van der Waals surface area contributed by atoms with Crippen LogP contribution in [0.1, 0.15) is 13.3 Å². The van der Waals surface area contributed by atoms with Gasteiger partial charge in [-0.15, -0.1) is 0 Å². The molecule has 0 aliphatic heterocycles. The van der Waals surface area contributed by atoms with Gasteiger partial charge in [0.05, 0.1) is 0 Å². The molecule has 0 heterocycles. The Morgan fingerprint density at radius 2 is 2.33 bits per heavy atom. The Kier molecular flexibility index (Phi) is 3.53.